The topological polar surface area (TPSA) is 76.1 Å². The van der Waals surface area contributed by atoms with Crippen molar-refractivity contribution >= 4 is 12.4 Å². The molecule has 3 rings (SSSR count). The molecule has 30 heavy (non-hydrogen) atoms. The lowest BCUT2D eigenvalue weighted by Crippen LogP contribution is -2.33. The molecular weight excluding hydrogens is 382 g/mol. The van der Waals surface area contributed by atoms with E-state index in [1.807, 2.05) is 42.5 Å². The van der Waals surface area contributed by atoms with Gasteiger partial charge in [-0.15, -0.1) is 0 Å². The van der Waals surface area contributed by atoms with E-state index in [1.165, 1.54) is 5.56 Å². The van der Waals surface area contributed by atoms with Gasteiger partial charge in [0, 0.05) is 19.0 Å². The van der Waals surface area contributed by atoms with Crippen molar-refractivity contribution in [3.05, 3.63) is 65.7 Å². The van der Waals surface area contributed by atoms with Crippen LogP contribution in [0.4, 0.5) is 0 Å². The third-order valence-electron chi connectivity index (χ3n) is 5.59. The van der Waals surface area contributed by atoms with Crippen LogP contribution >= 0.6 is 0 Å². The number of ether oxygens (including phenoxy) is 2. The molecule has 0 spiro atoms. The maximum absolute atomic E-state index is 11.7. The van der Waals surface area contributed by atoms with Crippen LogP contribution in [-0.4, -0.2) is 55.3 Å². The van der Waals surface area contributed by atoms with Crippen LogP contribution in [0.1, 0.15) is 29.9 Å². The maximum atomic E-state index is 11.7. The van der Waals surface area contributed by atoms with Crippen molar-refractivity contribution in [2.45, 2.75) is 31.3 Å². The summed E-state index contributed by atoms with van der Waals surface area (Å²) >= 11 is 0. The number of aryl methyl sites for hydroxylation is 1. The fraction of sp³-hybridized carbons (Fsp3) is 0.417. The van der Waals surface area contributed by atoms with Crippen molar-refractivity contribution < 1.29 is 24.2 Å². The van der Waals surface area contributed by atoms with Gasteiger partial charge >= 0.3 is 5.97 Å². The van der Waals surface area contributed by atoms with Gasteiger partial charge in [-0.3, -0.25) is 4.79 Å². The largest absolute Gasteiger partial charge is 0.497 e. The smallest absolute Gasteiger partial charge is 0.333 e. The highest BCUT2D eigenvalue weighted by atomic mass is 16.5. The maximum Gasteiger partial charge on any atom is 0.333 e. The summed E-state index contributed by atoms with van der Waals surface area (Å²) in [7, 11) is 1.62. The van der Waals surface area contributed by atoms with Gasteiger partial charge in [0.15, 0.2) is 6.10 Å². The highest BCUT2D eigenvalue weighted by molar-refractivity contribution is 5.73. The van der Waals surface area contributed by atoms with E-state index >= 15 is 0 Å². The van der Waals surface area contributed by atoms with Crippen LogP contribution in [0.5, 0.6) is 5.75 Å². The fourth-order valence-corrected chi connectivity index (χ4v) is 3.81. The van der Waals surface area contributed by atoms with E-state index < -0.39 is 12.1 Å². The van der Waals surface area contributed by atoms with Gasteiger partial charge in [-0.1, -0.05) is 42.5 Å². The lowest BCUT2D eigenvalue weighted by atomic mass is 10.1. The number of carboxylic acid groups (broad SMARTS) is 1. The Morgan fingerprint density at radius 3 is 2.53 bits per heavy atom. The number of nitrogens with zero attached hydrogens (tertiary/aromatic N) is 1. The number of carbonyl (C=O) groups excluding carboxylic acids is 1. The predicted molar refractivity (Wildman–Crippen MR) is 114 cm³/mol. The Bertz CT molecular complexity index is 808. The molecular formula is C24H29NO5. The summed E-state index contributed by atoms with van der Waals surface area (Å²) in [5.74, 6) is -0.0235. The Balaban J connectivity index is 1.42. The van der Waals surface area contributed by atoms with E-state index in [9.17, 15) is 14.7 Å². The summed E-state index contributed by atoms with van der Waals surface area (Å²) < 4.78 is 10.9. The number of methoxy groups -OCH3 is 1. The number of aliphatic carboxylic acids is 1. The van der Waals surface area contributed by atoms with Crippen molar-refractivity contribution in [3.63, 3.8) is 0 Å². The Kier molecular flexibility index (Phi) is 7.85. The molecule has 1 fully saturated rings. The van der Waals surface area contributed by atoms with E-state index in [2.05, 4.69) is 12.1 Å². The molecule has 160 valence electrons. The minimum Gasteiger partial charge on any atom is -0.497 e. The molecule has 6 heteroatoms. The van der Waals surface area contributed by atoms with E-state index in [4.69, 9.17) is 9.47 Å². The summed E-state index contributed by atoms with van der Waals surface area (Å²) in [6, 6.07) is 17.9. The third kappa shape index (κ3) is 6.07. The first-order valence-corrected chi connectivity index (χ1v) is 10.3. The molecule has 0 bridgehead atoms. The van der Waals surface area contributed by atoms with E-state index in [0.29, 0.717) is 13.1 Å². The quantitative estimate of drug-likeness (QED) is 0.512. The Labute approximate surface area is 177 Å². The molecule has 1 amide bonds. The van der Waals surface area contributed by atoms with Crippen molar-refractivity contribution in [1.29, 1.82) is 0 Å². The van der Waals surface area contributed by atoms with Crippen LogP contribution in [0.15, 0.2) is 54.6 Å². The van der Waals surface area contributed by atoms with Gasteiger partial charge in [0.2, 0.25) is 6.41 Å². The van der Waals surface area contributed by atoms with E-state index in [-0.39, 0.29) is 18.4 Å². The number of amides is 1. The zero-order valence-electron chi connectivity index (χ0n) is 17.3. The van der Waals surface area contributed by atoms with Gasteiger partial charge in [-0.05, 0) is 48.4 Å². The lowest BCUT2D eigenvalue weighted by molar-refractivity contribution is -0.152. The number of hydrogen-bond donors (Lipinski definition) is 1. The minimum absolute atomic E-state index is 0.0429. The first kappa shape index (κ1) is 21.8. The normalized spacial score (nSPS) is 18.4. The monoisotopic (exact) mass is 411 g/mol. The summed E-state index contributed by atoms with van der Waals surface area (Å²) in [6.45, 7) is 1.23. The van der Waals surface area contributed by atoms with Crippen LogP contribution in [0.2, 0.25) is 0 Å². The van der Waals surface area contributed by atoms with Crippen LogP contribution in [0.25, 0.3) is 0 Å². The molecule has 0 saturated heterocycles. The molecule has 0 heterocycles. The summed E-state index contributed by atoms with van der Waals surface area (Å²) in [4.78, 5) is 24.7. The standard InChI is InChI=1S/C24H29NO5/c1-29-20-11-9-19(10-12-20)21-16-22(21)23(24(27)28)30-15-14-25(17-26)13-5-8-18-6-3-2-4-7-18/h2-4,6-7,9-12,17,21-23H,5,8,13-16H2,1H3,(H,27,28). The fourth-order valence-electron chi connectivity index (χ4n) is 3.81. The van der Waals surface area contributed by atoms with E-state index in [0.717, 1.165) is 37.0 Å². The SMILES string of the molecule is COc1ccc(C2CC2C(OCCN(C=O)CCCc2ccccc2)C(=O)O)cc1. The van der Waals surface area contributed by atoms with Crippen molar-refractivity contribution in [2.75, 3.05) is 26.8 Å². The third-order valence-corrected chi connectivity index (χ3v) is 5.59. The molecule has 2 aromatic rings. The first-order valence-electron chi connectivity index (χ1n) is 10.3. The van der Waals surface area contributed by atoms with Gasteiger partial charge in [-0.25, -0.2) is 4.79 Å². The number of rotatable bonds is 13. The zero-order chi connectivity index (χ0) is 21.3. The van der Waals surface area contributed by atoms with Crippen LogP contribution < -0.4 is 4.74 Å². The summed E-state index contributed by atoms with van der Waals surface area (Å²) in [6.07, 6.45) is 2.50. The molecule has 0 aliphatic heterocycles. The molecule has 1 aliphatic carbocycles. The number of hydrogen-bond acceptors (Lipinski definition) is 4. The van der Waals surface area contributed by atoms with Gasteiger partial charge in [0.1, 0.15) is 5.75 Å². The second-order valence-corrected chi connectivity index (χ2v) is 7.64. The minimum atomic E-state index is -0.947. The van der Waals surface area contributed by atoms with Crippen molar-refractivity contribution in [2.24, 2.45) is 5.92 Å². The second-order valence-electron chi connectivity index (χ2n) is 7.64. The first-order chi connectivity index (χ1) is 14.6. The van der Waals surface area contributed by atoms with Crippen LogP contribution in [0, 0.1) is 5.92 Å². The summed E-state index contributed by atoms with van der Waals surface area (Å²) in [5, 5.41) is 9.59. The van der Waals surface area contributed by atoms with E-state index in [1.54, 1.807) is 12.0 Å². The van der Waals surface area contributed by atoms with Gasteiger partial charge in [0.05, 0.1) is 13.7 Å². The second kappa shape index (κ2) is 10.8. The van der Waals surface area contributed by atoms with Crippen LogP contribution in [-0.2, 0) is 20.7 Å². The Hall–Kier alpha value is -2.86. The van der Waals surface area contributed by atoms with Gasteiger partial charge < -0.3 is 19.5 Å². The van der Waals surface area contributed by atoms with Crippen molar-refractivity contribution in [3.8, 4) is 5.75 Å². The highest BCUT2D eigenvalue weighted by Crippen LogP contribution is 2.50. The molecule has 6 nitrogen and oxygen atoms in total. The molecule has 1 aliphatic rings. The Morgan fingerprint density at radius 2 is 1.90 bits per heavy atom. The van der Waals surface area contributed by atoms with Crippen molar-refractivity contribution in [1.82, 2.24) is 4.90 Å². The number of carboxylic acids is 1. The molecule has 2 aromatic carbocycles. The average Bonchev–Trinajstić information content (AvgIpc) is 3.56. The lowest BCUT2D eigenvalue weighted by Gasteiger charge is -2.19. The molecule has 1 N–H and O–H groups in total. The number of benzene rings is 2. The number of carbonyl (C=O) groups is 2. The van der Waals surface area contributed by atoms with Crippen LogP contribution in [0.3, 0.4) is 0 Å². The van der Waals surface area contributed by atoms with Gasteiger partial charge in [-0.2, -0.15) is 0 Å². The predicted octanol–water partition coefficient (Wildman–Crippen LogP) is 3.36. The molecule has 3 atom stereocenters. The molecule has 1 saturated carbocycles. The summed E-state index contributed by atoms with van der Waals surface area (Å²) in [5.41, 5.74) is 2.34. The highest BCUT2D eigenvalue weighted by Gasteiger charge is 2.47. The Morgan fingerprint density at radius 1 is 1.17 bits per heavy atom. The molecule has 0 radical (unpaired) electrons. The molecule has 3 unspecified atom stereocenters. The molecule has 0 aromatic heterocycles. The average molecular weight is 411 g/mol. The van der Waals surface area contributed by atoms with Gasteiger partial charge in [0.25, 0.3) is 0 Å². The zero-order valence-corrected chi connectivity index (χ0v) is 17.3.